The molecule has 2 aromatic carbocycles. The lowest BCUT2D eigenvalue weighted by Crippen LogP contribution is -2.27. The quantitative estimate of drug-likeness (QED) is 0.340. The molecule has 35 heavy (non-hydrogen) atoms. The van der Waals surface area contributed by atoms with Gasteiger partial charge in [-0.1, -0.05) is 12.1 Å². The molecule has 0 atom stereocenters. The van der Waals surface area contributed by atoms with Crippen LogP contribution in [0.25, 0.3) is 11.0 Å². The van der Waals surface area contributed by atoms with Crippen LogP contribution in [-0.2, 0) is 22.5 Å². The van der Waals surface area contributed by atoms with Crippen molar-refractivity contribution in [2.75, 3.05) is 33.0 Å². The van der Waals surface area contributed by atoms with Crippen LogP contribution in [0, 0.1) is 5.82 Å². The van der Waals surface area contributed by atoms with Gasteiger partial charge in [0.25, 0.3) is 10.2 Å². The summed E-state index contributed by atoms with van der Waals surface area (Å²) < 4.78 is 58.9. The number of anilines is 1. The molecule has 0 radical (unpaired) electrons. The molecule has 0 bridgehead atoms. The number of hydrogen-bond donors (Lipinski definition) is 2. The van der Waals surface area contributed by atoms with Crippen LogP contribution in [-0.4, -0.2) is 47.7 Å². The third kappa shape index (κ3) is 5.66. The number of rotatable bonds is 8. The van der Waals surface area contributed by atoms with E-state index in [2.05, 4.69) is 4.72 Å². The van der Waals surface area contributed by atoms with Crippen molar-refractivity contribution >= 4 is 44.6 Å². The zero-order valence-corrected chi connectivity index (χ0v) is 20.8. The smallest absolute Gasteiger partial charge is 0.414 e. The van der Waals surface area contributed by atoms with Gasteiger partial charge in [-0.05, 0) is 17.2 Å². The molecule has 2 N–H and O–H groups in total. The van der Waals surface area contributed by atoms with Crippen LogP contribution in [0.3, 0.4) is 0 Å². The Labute approximate surface area is 205 Å². The number of methoxy groups -OCH3 is 1. The monoisotopic (exact) mass is 527 g/mol. The van der Waals surface area contributed by atoms with Crippen molar-refractivity contribution in [3.8, 4) is 11.5 Å². The van der Waals surface area contributed by atoms with E-state index in [1.54, 1.807) is 0 Å². The first-order valence-electron chi connectivity index (χ1n) is 10.1. The fourth-order valence-corrected chi connectivity index (χ4v) is 4.14. The molecule has 13 heteroatoms. The van der Waals surface area contributed by atoms with Crippen LogP contribution in [0.5, 0.6) is 11.5 Å². The molecule has 0 saturated carbocycles. The van der Waals surface area contributed by atoms with Crippen molar-refractivity contribution in [2.24, 2.45) is 0 Å². The zero-order valence-electron chi connectivity index (χ0n) is 19.3. The lowest BCUT2D eigenvalue weighted by Gasteiger charge is -2.16. The van der Waals surface area contributed by atoms with Gasteiger partial charge in [0.05, 0.1) is 18.2 Å². The number of hydrogen-bond acceptors (Lipinski definition) is 7. The largest absolute Gasteiger partial charge is 0.496 e. The Bertz CT molecular complexity index is 1440. The number of carbonyl (C=O) groups excluding carboxylic acids is 1. The Morgan fingerprint density at radius 2 is 1.94 bits per heavy atom. The number of fused-ring (bicyclic) bond motifs is 1. The molecule has 1 heterocycles. The van der Waals surface area contributed by atoms with E-state index >= 15 is 4.39 Å². The first kappa shape index (κ1) is 26.3. The second kappa shape index (κ2) is 10.5. The molecule has 0 fully saturated rings. The zero-order chi connectivity index (χ0) is 25.9. The summed E-state index contributed by atoms with van der Waals surface area (Å²) in [5.41, 5.74) is -0.579. The molecule has 0 unspecified atom stereocenters. The Morgan fingerprint density at radius 1 is 1.23 bits per heavy atom. The minimum absolute atomic E-state index is 0.0369. The van der Waals surface area contributed by atoms with Crippen molar-refractivity contribution in [3.63, 3.8) is 0 Å². The SMILES string of the molecule is CNS(=O)(=O)Nc1cccc(Cc2c(CCl)c3c(OC)cc(OC(=O)N(C)C)cc3oc2=O)c1F. The number of alkyl halides is 1. The van der Waals surface area contributed by atoms with Gasteiger partial charge >= 0.3 is 11.7 Å². The van der Waals surface area contributed by atoms with Crippen LogP contribution in [0.15, 0.2) is 39.5 Å². The van der Waals surface area contributed by atoms with Gasteiger partial charge < -0.3 is 18.8 Å². The first-order chi connectivity index (χ1) is 16.5. The van der Waals surface area contributed by atoms with Gasteiger partial charge in [0.15, 0.2) is 5.82 Å². The second-order valence-electron chi connectivity index (χ2n) is 7.51. The predicted molar refractivity (Wildman–Crippen MR) is 129 cm³/mol. The number of amides is 1. The highest BCUT2D eigenvalue weighted by Crippen LogP contribution is 2.36. The summed E-state index contributed by atoms with van der Waals surface area (Å²) in [6.07, 6.45) is -0.880. The fraction of sp³-hybridized carbons (Fsp3) is 0.273. The standard InChI is InChI=1S/C22H23ClFN3O7S/c1-25-35(30,31)26-16-7-5-6-12(20(16)24)8-14-15(11-23)19-17(32-4)9-13(33-22(29)27(2)3)10-18(19)34-21(14)28/h5-7,9-10,25-26H,8,11H2,1-4H3. The van der Waals surface area contributed by atoms with Crippen LogP contribution in [0.4, 0.5) is 14.9 Å². The summed E-state index contributed by atoms with van der Waals surface area (Å²) >= 11 is 6.20. The maximum Gasteiger partial charge on any atom is 0.414 e. The Kier molecular flexibility index (Phi) is 7.88. The summed E-state index contributed by atoms with van der Waals surface area (Å²) in [7, 11) is 1.62. The van der Waals surface area contributed by atoms with Crippen molar-refractivity contribution in [2.45, 2.75) is 12.3 Å². The molecule has 1 aromatic heterocycles. The molecule has 1 amide bonds. The molecular weight excluding hydrogens is 505 g/mol. The van der Waals surface area contributed by atoms with E-state index in [1.807, 2.05) is 4.72 Å². The van der Waals surface area contributed by atoms with Gasteiger partial charge in [0, 0.05) is 51.1 Å². The molecule has 0 saturated heterocycles. The van der Waals surface area contributed by atoms with Crippen molar-refractivity contribution in [3.05, 3.63) is 63.3 Å². The van der Waals surface area contributed by atoms with Gasteiger partial charge in [-0.3, -0.25) is 4.72 Å². The van der Waals surface area contributed by atoms with Crippen LogP contribution in [0.2, 0.25) is 0 Å². The molecule has 3 aromatic rings. The highest BCUT2D eigenvalue weighted by Gasteiger charge is 2.22. The van der Waals surface area contributed by atoms with E-state index in [-0.39, 0.29) is 46.2 Å². The first-order valence-corrected chi connectivity index (χ1v) is 12.1. The normalized spacial score (nSPS) is 11.4. The average Bonchev–Trinajstić information content (AvgIpc) is 2.81. The number of carbonyl (C=O) groups is 1. The fourth-order valence-electron chi connectivity index (χ4n) is 3.30. The van der Waals surface area contributed by atoms with Crippen LogP contribution >= 0.6 is 11.6 Å². The van der Waals surface area contributed by atoms with E-state index in [0.717, 1.165) is 0 Å². The molecule has 10 nitrogen and oxygen atoms in total. The summed E-state index contributed by atoms with van der Waals surface area (Å²) in [5.74, 6) is -0.691. The summed E-state index contributed by atoms with van der Waals surface area (Å²) in [6, 6.07) is 6.90. The number of ether oxygens (including phenoxy) is 2. The molecule has 188 valence electrons. The summed E-state index contributed by atoms with van der Waals surface area (Å²) in [5, 5.41) is 0.356. The number of nitrogens with one attached hydrogen (secondary N) is 2. The lowest BCUT2D eigenvalue weighted by atomic mass is 9.98. The van der Waals surface area contributed by atoms with E-state index < -0.39 is 27.7 Å². The molecule has 3 rings (SSSR count). The molecule has 0 aliphatic carbocycles. The molecule has 0 aliphatic heterocycles. The van der Waals surface area contributed by atoms with Gasteiger partial charge in [0.2, 0.25) is 0 Å². The van der Waals surface area contributed by atoms with E-state index in [0.29, 0.717) is 10.9 Å². The Hall–Kier alpha value is -3.35. The summed E-state index contributed by atoms with van der Waals surface area (Å²) in [4.78, 5) is 26.1. The molecule has 0 spiro atoms. The minimum atomic E-state index is -3.96. The Balaban J connectivity index is 2.13. The highest BCUT2D eigenvalue weighted by molar-refractivity contribution is 7.90. The van der Waals surface area contributed by atoms with Crippen molar-refractivity contribution in [1.82, 2.24) is 9.62 Å². The average molecular weight is 528 g/mol. The van der Waals surface area contributed by atoms with Crippen LogP contribution < -0.4 is 24.5 Å². The topological polar surface area (TPSA) is 127 Å². The third-order valence-electron chi connectivity index (χ3n) is 5.04. The number of nitrogens with zero attached hydrogens (tertiary/aromatic N) is 1. The highest BCUT2D eigenvalue weighted by atomic mass is 35.5. The second-order valence-corrected chi connectivity index (χ2v) is 9.39. The van der Waals surface area contributed by atoms with E-state index in [4.69, 9.17) is 25.5 Å². The summed E-state index contributed by atoms with van der Waals surface area (Å²) in [6.45, 7) is 0. The number of benzene rings is 2. The van der Waals surface area contributed by atoms with Gasteiger partial charge in [-0.15, -0.1) is 11.6 Å². The van der Waals surface area contributed by atoms with E-state index in [9.17, 15) is 18.0 Å². The minimum Gasteiger partial charge on any atom is -0.496 e. The van der Waals surface area contributed by atoms with Gasteiger partial charge in [0.1, 0.15) is 17.1 Å². The Morgan fingerprint density at radius 3 is 2.54 bits per heavy atom. The predicted octanol–water partition coefficient (Wildman–Crippen LogP) is 3.21. The third-order valence-corrected chi connectivity index (χ3v) is 6.33. The van der Waals surface area contributed by atoms with Gasteiger partial charge in [-0.2, -0.15) is 8.42 Å². The molecular formula is C22H23ClFN3O7S. The maximum absolute atomic E-state index is 15.1. The van der Waals surface area contributed by atoms with Crippen LogP contribution in [0.1, 0.15) is 16.7 Å². The van der Waals surface area contributed by atoms with E-state index in [1.165, 1.54) is 63.5 Å². The molecule has 0 aliphatic rings. The van der Waals surface area contributed by atoms with Crippen molar-refractivity contribution in [1.29, 1.82) is 0 Å². The maximum atomic E-state index is 15.1. The lowest BCUT2D eigenvalue weighted by molar-refractivity contribution is 0.172. The van der Waals surface area contributed by atoms with Crippen molar-refractivity contribution < 1.29 is 31.5 Å². The van der Waals surface area contributed by atoms with Gasteiger partial charge in [-0.25, -0.2) is 18.7 Å². The number of halogens is 2.